The maximum absolute atomic E-state index is 13.4. The van der Waals surface area contributed by atoms with Crippen molar-refractivity contribution in [3.63, 3.8) is 0 Å². The van der Waals surface area contributed by atoms with Crippen LogP contribution in [0.1, 0.15) is 10.4 Å². The number of carbonyl (C=O) groups is 1. The molecule has 0 aliphatic carbocycles. The van der Waals surface area contributed by atoms with Gasteiger partial charge in [0.2, 0.25) is 0 Å². The second-order valence-corrected chi connectivity index (χ2v) is 3.49. The monoisotopic (exact) mass is 258 g/mol. The highest BCUT2D eigenvalue weighted by Gasteiger charge is 2.17. The molecule has 3 nitrogen and oxygen atoms in total. The first-order valence-electron chi connectivity index (χ1n) is 3.69. The number of hydrogen-bond acceptors (Lipinski definition) is 2. The van der Waals surface area contributed by atoms with Crippen LogP contribution in [0.3, 0.4) is 0 Å². The fraction of sp³-hybridized carbons (Fsp3) is 0. The number of carboxylic acids is 1. The molecular weight excluding hydrogens is 255 g/mol. The van der Waals surface area contributed by atoms with Gasteiger partial charge >= 0.3 is 5.97 Å². The highest BCUT2D eigenvalue weighted by molar-refractivity contribution is 9.10. The van der Waals surface area contributed by atoms with Crippen molar-refractivity contribution < 1.29 is 18.7 Å². The first kappa shape index (κ1) is 9.21. The summed E-state index contributed by atoms with van der Waals surface area (Å²) in [7, 11) is 0. The van der Waals surface area contributed by atoms with E-state index in [-0.39, 0.29) is 10.0 Å². The minimum Gasteiger partial charge on any atom is -0.478 e. The number of rotatable bonds is 1. The maximum atomic E-state index is 13.4. The molecule has 0 atom stereocenters. The van der Waals surface area contributed by atoms with Crippen LogP contribution in [0.25, 0.3) is 11.0 Å². The van der Waals surface area contributed by atoms with Gasteiger partial charge in [-0.1, -0.05) is 0 Å². The number of benzene rings is 1. The van der Waals surface area contributed by atoms with E-state index < -0.39 is 11.8 Å². The molecule has 1 N–H and O–H groups in total. The van der Waals surface area contributed by atoms with Crippen LogP contribution in [-0.2, 0) is 0 Å². The van der Waals surface area contributed by atoms with E-state index in [0.717, 1.165) is 0 Å². The van der Waals surface area contributed by atoms with E-state index >= 15 is 0 Å². The van der Waals surface area contributed by atoms with E-state index in [1.807, 2.05) is 0 Å². The third-order valence-corrected chi connectivity index (χ3v) is 2.56. The average molecular weight is 259 g/mol. The Morgan fingerprint density at radius 1 is 1.57 bits per heavy atom. The predicted molar refractivity (Wildman–Crippen MR) is 50.8 cm³/mol. The van der Waals surface area contributed by atoms with Gasteiger partial charge < -0.3 is 9.52 Å². The van der Waals surface area contributed by atoms with Crippen LogP contribution in [-0.4, -0.2) is 11.1 Å². The van der Waals surface area contributed by atoms with E-state index in [1.165, 1.54) is 12.3 Å². The Labute approximate surface area is 86.3 Å². The number of hydrogen-bond donors (Lipinski definition) is 1. The Kier molecular flexibility index (Phi) is 2.03. The molecule has 0 fully saturated rings. The minimum absolute atomic E-state index is 0.0393. The topological polar surface area (TPSA) is 50.4 Å². The van der Waals surface area contributed by atoms with Gasteiger partial charge in [0, 0.05) is 5.39 Å². The smallest absolute Gasteiger partial charge is 0.338 e. The minimum atomic E-state index is -1.30. The Bertz CT molecular complexity index is 518. The molecule has 0 spiro atoms. The van der Waals surface area contributed by atoms with Gasteiger partial charge in [-0.3, -0.25) is 0 Å². The molecule has 1 aromatic carbocycles. The van der Waals surface area contributed by atoms with Crippen LogP contribution in [0, 0.1) is 5.82 Å². The largest absolute Gasteiger partial charge is 0.478 e. The van der Waals surface area contributed by atoms with E-state index in [1.54, 1.807) is 6.07 Å². The van der Waals surface area contributed by atoms with Crippen molar-refractivity contribution in [1.29, 1.82) is 0 Å². The second kappa shape index (κ2) is 3.09. The van der Waals surface area contributed by atoms with E-state index in [0.29, 0.717) is 11.0 Å². The lowest BCUT2D eigenvalue weighted by molar-refractivity contribution is 0.0692. The lowest BCUT2D eigenvalue weighted by atomic mass is 10.1. The Morgan fingerprint density at radius 3 is 2.93 bits per heavy atom. The molecule has 0 aliphatic rings. The fourth-order valence-corrected chi connectivity index (χ4v) is 1.74. The summed E-state index contributed by atoms with van der Waals surface area (Å²) in [5.74, 6) is -2.12. The molecule has 0 aliphatic heterocycles. The summed E-state index contributed by atoms with van der Waals surface area (Å²) in [6.07, 6.45) is 1.38. The quantitative estimate of drug-likeness (QED) is 0.856. The average Bonchev–Trinajstić information content (AvgIpc) is 2.58. The maximum Gasteiger partial charge on any atom is 0.338 e. The van der Waals surface area contributed by atoms with Gasteiger partial charge in [0.25, 0.3) is 0 Å². The number of fused-ring (bicyclic) bond motifs is 1. The van der Waals surface area contributed by atoms with E-state index in [4.69, 9.17) is 9.52 Å². The molecule has 0 bridgehead atoms. The normalized spacial score (nSPS) is 10.7. The van der Waals surface area contributed by atoms with Crippen molar-refractivity contribution in [3.05, 3.63) is 34.2 Å². The summed E-state index contributed by atoms with van der Waals surface area (Å²) in [6, 6.07) is 2.81. The van der Waals surface area contributed by atoms with Gasteiger partial charge in [-0.05, 0) is 28.1 Å². The molecular formula is C9H4BrFO3. The van der Waals surface area contributed by atoms with Gasteiger partial charge in [-0.15, -0.1) is 0 Å². The molecule has 14 heavy (non-hydrogen) atoms. The molecule has 0 saturated carbocycles. The van der Waals surface area contributed by atoms with Crippen LogP contribution in [0.5, 0.6) is 0 Å². The van der Waals surface area contributed by atoms with Crippen LogP contribution in [0.2, 0.25) is 0 Å². The summed E-state index contributed by atoms with van der Waals surface area (Å²) >= 11 is 2.95. The zero-order valence-corrected chi connectivity index (χ0v) is 8.34. The number of carboxylic acid groups (broad SMARTS) is 1. The molecule has 1 aromatic heterocycles. The number of aromatic carboxylic acids is 1. The van der Waals surface area contributed by atoms with Gasteiger partial charge in [0.1, 0.15) is 0 Å². The summed E-state index contributed by atoms with van der Waals surface area (Å²) in [5, 5.41) is 9.25. The molecule has 0 unspecified atom stereocenters. The summed E-state index contributed by atoms with van der Waals surface area (Å²) in [6.45, 7) is 0. The molecule has 2 rings (SSSR count). The van der Waals surface area contributed by atoms with Gasteiger partial charge in [-0.2, -0.15) is 0 Å². The highest BCUT2D eigenvalue weighted by atomic mass is 79.9. The lowest BCUT2D eigenvalue weighted by Crippen LogP contribution is -2.00. The number of halogens is 2. The van der Waals surface area contributed by atoms with Crippen molar-refractivity contribution in [1.82, 2.24) is 0 Å². The summed E-state index contributed by atoms with van der Waals surface area (Å²) in [4.78, 5) is 10.6. The van der Waals surface area contributed by atoms with Crippen molar-refractivity contribution in [2.75, 3.05) is 0 Å². The van der Waals surface area contributed by atoms with Crippen molar-refractivity contribution in [2.24, 2.45) is 0 Å². The molecule has 0 saturated heterocycles. The van der Waals surface area contributed by atoms with E-state index in [9.17, 15) is 9.18 Å². The second-order valence-electron chi connectivity index (χ2n) is 2.70. The highest BCUT2D eigenvalue weighted by Crippen LogP contribution is 2.30. The zero-order chi connectivity index (χ0) is 10.3. The molecule has 2 aromatic rings. The number of furan rings is 1. The standard InChI is InChI=1S/C9H4BrFO3/c10-6-7(11)5(9(12)13)3-4-1-2-14-8(4)6/h1-3H,(H,12,13). The van der Waals surface area contributed by atoms with Crippen molar-refractivity contribution in [3.8, 4) is 0 Å². The van der Waals surface area contributed by atoms with Gasteiger partial charge in [0.15, 0.2) is 11.4 Å². The summed E-state index contributed by atoms with van der Waals surface area (Å²) < 4.78 is 18.4. The molecule has 0 radical (unpaired) electrons. The van der Waals surface area contributed by atoms with Crippen molar-refractivity contribution in [2.45, 2.75) is 0 Å². The van der Waals surface area contributed by atoms with E-state index in [2.05, 4.69) is 15.9 Å². The first-order valence-corrected chi connectivity index (χ1v) is 4.49. The van der Waals surface area contributed by atoms with Crippen molar-refractivity contribution >= 4 is 32.9 Å². The third kappa shape index (κ3) is 1.21. The fourth-order valence-electron chi connectivity index (χ4n) is 1.20. The molecule has 1 heterocycles. The van der Waals surface area contributed by atoms with Crippen LogP contribution in [0.15, 0.2) is 27.3 Å². The van der Waals surface area contributed by atoms with Gasteiger partial charge in [-0.25, -0.2) is 9.18 Å². The summed E-state index contributed by atoms with van der Waals surface area (Å²) in [5.41, 5.74) is -0.0572. The zero-order valence-electron chi connectivity index (χ0n) is 6.75. The van der Waals surface area contributed by atoms with Crippen LogP contribution in [0.4, 0.5) is 4.39 Å². The molecule has 5 heteroatoms. The SMILES string of the molecule is O=C(O)c1cc2ccoc2c(Br)c1F. The lowest BCUT2D eigenvalue weighted by Gasteiger charge is -2.00. The van der Waals surface area contributed by atoms with Crippen LogP contribution < -0.4 is 0 Å². The predicted octanol–water partition coefficient (Wildman–Crippen LogP) is 3.03. The Balaban J connectivity index is 2.87. The molecule has 72 valence electrons. The third-order valence-electron chi connectivity index (χ3n) is 1.85. The van der Waals surface area contributed by atoms with Crippen LogP contribution >= 0.6 is 15.9 Å². The van der Waals surface area contributed by atoms with Gasteiger partial charge in [0.05, 0.1) is 16.3 Å². The first-order chi connectivity index (χ1) is 6.61. The Hall–Kier alpha value is -1.36. The molecule has 0 amide bonds. The Morgan fingerprint density at radius 2 is 2.29 bits per heavy atom.